The topological polar surface area (TPSA) is 26.3 Å². The fraction of sp³-hybridized carbons (Fsp3) is 0.300. The summed E-state index contributed by atoms with van der Waals surface area (Å²) in [6.45, 7) is 4.01. The van der Waals surface area contributed by atoms with Crippen LogP contribution in [0.1, 0.15) is 22.8 Å². The van der Waals surface area contributed by atoms with Crippen molar-refractivity contribution in [3.63, 3.8) is 0 Å². The maximum atomic E-state index is 13.0. The van der Waals surface area contributed by atoms with Gasteiger partial charge >= 0.3 is 0 Å². The average Bonchev–Trinajstić information content (AvgIpc) is 2.11. The molecule has 0 fully saturated rings. The molecule has 0 heterocycles. The Labute approximate surface area is 76.3 Å². The monoisotopic (exact) mass is 182 g/mol. The lowest BCUT2D eigenvalue weighted by atomic mass is 10.1. The second kappa shape index (κ2) is 4.03. The summed E-state index contributed by atoms with van der Waals surface area (Å²) >= 11 is 0. The van der Waals surface area contributed by atoms with Gasteiger partial charge in [-0.3, -0.25) is 4.79 Å². The number of aldehydes is 1. The van der Waals surface area contributed by atoms with Crippen LogP contribution in [0, 0.1) is 12.7 Å². The van der Waals surface area contributed by atoms with Gasteiger partial charge in [0.1, 0.15) is 11.6 Å². The lowest BCUT2D eigenvalue weighted by Gasteiger charge is -2.08. The molecule has 0 spiro atoms. The Morgan fingerprint density at radius 2 is 2.23 bits per heavy atom. The molecule has 0 aromatic heterocycles. The summed E-state index contributed by atoms with van der Waals surface area (Å²) in [5.41, 5.74) is 0.628. The Morgan fingerprint density at radius 3 is 2.77 bits per heavy atom. The lowest BCUT2D eigenvalue weighted by Crippen LogP contribution is -1.99. The van der Waals surface area contributed by atoms with E-state index in [2.05, 4.69) is 0 Å². The number of carbonyl (C=O) groups is 1. The molecule has 1 aromatic rings. The summed E-state index contributed by atoms with van der Waals surface area (Å²) in [5, 5.41) is 0. The minimum Gasteiger partial charge on any atom is -0.494 e. The van der Waals surface area contributed by atoms with Gasteiger partial charge in [0.15, 0.2) is 6.29 Å². The van der Waals surface area contributed by atoms with Gasteiger partial charge in [-0.1, -0.05) is 0 Å². The Hall–Kier alpha value is -1.38. The zero-order valence-corrected chi connectivity index (χ0v) is 7.63. The molecule has 0 aliphatic heterocycles. The van der Waals surface area contributed by atoms with E-state index in [4.69, 9.17) is 4.74 Å². The first-order chi connectivity index (χ1) is 6.20. The largest absolute Gasteiger partial charge is 0.494 e. The van der Waals surface area contributed by atoms with Crippen molar-refractivity contribution >= 4 is 6.29 Å². The molecule has 2 nitrogen and oxygen atoms in total. The highest BCUT2D eigenvalue weighted by molar-refractivity contribution is 5.78. The molecule has 1 rings (SSSR count). The van der Waals surface area contributed by atoms with Crippen molar-refractivity contribution in [2.45, 2.75) is 13.8 Å². The lowest BCUT2D eigenvalue weighted by molar-refractivity contribution is 0.111. The molecule has 0 saturated carbocycles. The van der Waals surface area contributed by atoms with Crippen LogP contribution in [0.4, 0.5) is 4.39 Å². The number of halogens is 1. The molecule has 1 aromatic carbocycles. The number of carbonyl (C=O) groups excluding carboxylic acids is 1. The summed E-state index contributed by atoms with van der Waals surface area (Å²) in [6, 6.07) is 2.77. The van der Waals surface area contributed by atoms with Crippen molar-refractivity contribution in [1.82, 2.24) is 0 Å². The van der Waals surface area contributed by atoms with Gasteiger partial charge in [0.05, 0.1) is 12.2 Å². The zero-order chi connectivity index (χ0) is 9.84. The fourth-order valence-corrected chi connectivity index (χ4v) is 1.13. The van der Waals surface area contributed by atoms with E-state index in [0.29, 0.717) is 24.2 Å². The Kier molecular flexibility index (Phi) is 3.01. The van der Waals surface area contributed by atoms with Crippen LogP contribution < -0.4 is 4.74 Å². The highest BCUT2D eigenvalue weighted by Crippen LogP contribution is 2.22. The van der Waals surface area contributed by atoms with Crippen molar-refractivity contribution in [2.24, 2.45) is 0 Å². The van der Waals surface area contributed by atoms with E-state index in [1.807, 2.05) is 6.92 Å². The van der Waals surface area contributed by atoms with Crippen molar-refractivity contribution < 1.29 is 13.9 Å². The van der Waals surface area contributed by atoms with Crippen molar-refractivity contribution in [3.05, 3.63) is 29.1 Å². The summed E-state index contributed by atoms with van der Waals surface area (Å²) in [5.74, 6) is 0.0574. The molecule has 3 heteroatoms. The summed E-state index contributed by atoms with van der Waals surface area (Å²) in [4.78, 5) is 10.5. The number of ether oxygens (including phenoxy) is 1. The summed E-state index contributed by atoms with van der Waals surface area (Å²) in [6.07, 6.45) is 0.507. The molecular formula is C10H11FO2. The number of benzene rings is 1. The molecule has 0 radical (unpaired) electrons. The molecule has 0 aliphatic carbocycles. The van der Waals surface area contributed by atoms with Crippen LogP contribution in [0.5, 0.6) is 5.75 Å². The van der Waals surface area contributed by atoms with E-state index in [0.717, 1.165) is 0 Å². The molecule has 0 aliphatic rings. The first kappa shape index (κ1) is 9.71. The Bertz CT molecular complexity index is 321. The third kappa shape index (κ3) is 1.86. The van der Waals surface area contributed by atoms with Gasteiger partial charge in [0.25, 0.3) is 0 Å². The second-order valence-corrected chi connectivity index (χ2v) is 2.64. The second-order valence-electron chi connectivity index (χ2n) is 2.64. The van der Waals surface area contributed by atoms with Gasteiger partial charge in [-0.15, -0.1) is 0 Å². The van der Waals surface area contributed by atoms with Crippen LogP contribution in [0.15, 0.2) is 12.1 Å². The minimum atomic E-state index is -0.504. The summed E-state index contributed by atoms with van der Waals surface area (Å²) < 4.78 is 18.2. The predicted molar refractivity (Wildman–Crippen MR) is 47.7 cm³/mol. The van der Waals surface area contributed by atoms with E-state index in [1.54, 1.807) is 6.92 Å². The zero-order valence-electron chi connectivity index (χ0n) is 7.63. The molecule has 0 bridgehead atoms. The third-order valence-electron chi connectivity index (χ3n) is 1.83. The van der Waals surface area contributed by atoms with Crippen LogP contribution in [0.2, 0.25) is 0 Å². The fourth-order valence-electron chi connectivity index (χ4n) is 1.13. The maximum Gasteiger partial charge on any atom is 0.153 e. The van der Waals surface area contributed by atoms with Crippen LogP contribution in [-0.4, -0.2) is 12.9 Å². The van der Waals surface area contributed by atoms with Crippen molar-refractivity contribution in [2.75, 3.05) is 6.61 Å². The van der Waals surface area contributed by atoms with Crippen molar-refractivity contribution in [1.29, 1.82) is 0 Å². The highest BCUT2D eigenvalue weighted by atomic mass is 19.1. The van der Waals surface area contributed by atoms with Gasteiger partial charge < -0.3 is 4.74 Å². The molecule has 0 unspecified atom stereocenters. The van der Waals surface area contributed by atoms with Crippen LogP contribution >= 0.6 is 0 Å². The SMILES string of the molecule is CCOc1ccc(F)c(C=O)c1C. The van der Waals surface area contributed by atoms with Gasteiger partial charge in [-0.25, -0.2) is 4.39 Å². The minimum absolute atomic E-state index is 0.0750. The number of hydrogen-bond acceptors (Lipinski definition) is 2. The maximum absolute atomic E-state index is 13.0. The van der Waals surface area contributed by atoms with Crippen LogP contribution in [0.25, 0.3) is 0 Å². The molecular weight excluding hydrogens is 171 g/mol. The average molecular weight is 182 g/mol. The quantitative estimate of drug-likeness (QED) is 0.670. The van der Waals surface area contributed by atoms with Crippen LogP contribution in [-0.2, 0) is 0 Å². The molecule has 0 N–H and O–H groups in total. The first-order valence-electron chi connectivity index (χ1n) is 4.07. The first-order valence-corrected chi connectivity index (χ1v) is 4.07. The van der Waals surface area contributed by atoms with Gasteiger partial charge in [0, 0.05) is 5.56 Å². The van der Waals surface area contributed by atoms with Crippen LogP contribution in [0.3, 0.4) is 0 Å². The summed E-state index contributed by atoms with van der Waals surface area (Å²) in [7, 11) is 0. The van der Waals surface area contributed by atoms with Gasteiger partial charge in [-0.05, 0) is 26.0 Å². The molecule has 70 valence electrons. The Balaban J connectivity index is 3.19. The molecule has 0 saturated heterocycles. The Morgan fingerprint density at radius 1 is 1.54 bits per heavy atom. The number of hydrogen-bond donors (Lipinski definition) is 0. The molecule has 13 heavy (non-hydrogen) atoms. The van der Waals surface area contributed by atoms with E-state index < -0.39 is 5.82 Å². The molecule has 0 atom stereocenters. The molecule has 0 amide bonds. The standard InChI is InChI=1S/C10H11FO2/c1-3-13-10-5-4-9(11)8(6-12)7(10)2/h4-6H,3H2,1-2H3. The van der Waals surface area contributed by atoms with E-state index in [1.165, 1.54) is 12.1 Å². The normalized spacial score (nSPS) is 9.77. The third-order valence-corrected chi connectivity index (χ3v) is 1.83. The van der Waals surface area contributed by atoms with Gasteiger partial charge in [0.2, 0.25) is 0 Å². The van der Waals surface area contributed by atoms with E-state index in [-0.39, 0.29) is 5.56 Å². The van der Waals surface area contributed by atoms with Gasteiger partial charge in [-0.2, -0.15) is 0 Å². The number of rotatable bonds is 3. The van der Waals surface area contributed by atoms with E-state index >= 15 is 0 Å². The van der Waals surface area contributed by atoms with Crippen molar-refractivity contribution in [3.8, 4) is 5.75 Å². The highest BCUT2D eigenvalue weighted by Gasteiger charge is 2.09. The van der Waals surface area contributed by atoms with E-state index in [9.17, 15) is 9.18 Å². The predicted octanol–water partition coefficient (Wildman–Crippen LogP) is 2.35. The smallest absolute Gasteiger partial charge is 0.153 e.